The molecule has 1 amide bonds. The molecule has 2 aliphatic rings. The number of aliphatic hydroxyl groups is 1. The highest BCUT2D eigenvalue weighted by atomic mass is 16.7. The van der Waals surface area contributed by atoms with Crippen LogP contribution < -0.4 is 14.2 Å². The molecule has 0 unspecified atom stereocenters. The van der Waals surface area contributed by atoms with Gasteiger partial charge in [0.2, 0.25) is 6.79 Å². The number of fused-ring (bicyclic) bond motifs is 1. The van der Waals surface area contributed by atoms with Crippen LogP contribution in [0.5, 0.6) is 17.2 Å². The summed E-state index contributed by atoms with van der Waals surface area (Å²) in [5.41, 5.74) is 1.13. The van der Waals surface area contributed by atoms with Crippen LogP contribution in [0.4, 0.5) is 0 Å². The minimum Gasteiger partial charge on any atom is -0.507 e. The van der Waals surface area contributed by atoms with E-state index in [1.807, 2.05) is 50.2 Å². The molecule has 1 fully saturated rings. The normalized spacial score (nSPS) is 18.9. The Morgan fingerprint density at radius 1 is 1.15 bits per heavy atom. The number of aliphatic hydroxyl groups excluding tert-OH is 1. The summed E-state index contributed by atoms with van der Waals surface area (Å²) in [4.78, 5) is 29.6. The minimum absolute atomic E-state index is 0.0465. The van der Waals surface area contributed by atoms with Crippen LogP contribution in [0.3, 0.4) is 0 Å². The zero-order valence-electron chi connectivity index (χ0n) is 19.0. The second kappa shape index (κ2) is 9.54. The number of hydrogen-bond donors (Lipinski definition) is 1. The van der Waals surface area contributed by atoms with Crippen LogP contribution in [0.2, 0.25) is 0 Å². The van der Waals surface area contributed by atoms with E-state index in [0.717, 1.165) is 6.42 Å². The van der Waals surface area contributed by atoms with E-state index in [9.17, 15) is 14.7 Å². The molecule has 1 atom stereocenters. The molecule has 8 nitrogen and oxygen atoms in total. The predicted octanol–water partition coefficient (Wildman–Crippen LogP) is 3.19. The first-order valence-electron chi connectivity index (χ1n) is 11.0. The van der Waals surface area contributed by atoms with E-state index in [4.69, 9.17) is 14.2 Å². The summed E-state index contributed by atoms with van der Waals surface area (Å²) < 4.78 is 16.5. The van der Waals surface area contributed by atoms with Gasteiger partial charge in [-0.2, -0.15) is 0 Å². The number of benzene rings is 2. The lowest BCUT2D eigenvalue weighted by Gasteiger charge is -2.27. The van der Waals surface area contributed by atoms with Gasteiger partial charge < -0.3 is 29.1 Å². The van der Waals surface area contributed by atoms with Crippen molar-refractivity contribution in [2.75, 3.05) is 40.6 Å². The standard InChI is InChI=1S/C25H28N2O6/c1-4-12-31-18-7-5-6-16(13-18)22-21(24(29)25(30)27(22)11-10-26(2)3)23(28)17-8-9-19-20(14-17)33-15-32-19/h5-9,13-14,22,28H,4,10-12,15H2,1-3H3/t22-/m0/s1. The predicted molar refractivity (Wildman–Crippen MR) is 122 cm³/mol. The average Bonchev–Trinajstić information content (AvgIpc) is 3.38. The van der Waals surface area contributed by atoms with Crippen LogP contribution in [-0.4, -0.2) is 67.2 Å². The van der Waals surface area contributed by atoms with Crippen molar-refractivity contribution in [1.82, 2.24) is 9.80 Å². The summed E-state index contributed by atoms with van der Waals surface area (Å²) in [6.45, 7) is 3.58. The maximum absolute atomic E-state index is 13.1. The van der Waals surface area contributed by atoms with E-state index in [2.05, 4.69) is 0 Å². The molecular weight excluding hydrogens is 424 g/mol. The number of likely N-dealkylation sites (N-methyl/N-ethyl adjacent to an activating group) is 1. The number of amides is 1. The molecule has 2 heterocycles. The van der Waals surface area contributed by atoms with Gasteiger partial charge in [-0.15, -0.1) is 0 Å². The van der Waals surface area contributed by atoms with E-state index < -0.39 is 17.7 Å². The molecule has 4 rings (SSSR count). The van der Waals surface area contributed by atoms with Crippen molar-refractivity contribution in [3.8, 4) is 17.2 Å². The van der Waals surface area contributed by atoms with Gasteiger partial charge in [0.25, 0.3) is 11.7 Å². The van der Waals surface area contributed by atoms with Gasteiger partial charge in [-0.1, -0.05) is 19.1 Å². The van der Waals surface area contributed by atoms with Crippen molar-refractivity contribution in [2.24, 2.45) is 0 Å². The molecule has 0 aromatic heterocycles. The summed E-state index contributed by atoms with van der Waals surface area (Å²) in [5.74, 6) is 0.0973. The number of carbonyl (C=O) groups is 2. The molecular formula is C25H28N2O6. The molecule has 0 bridgehead atoms. The van der Waals surface area contributed by atoms with Crippen molar-refractivity contribution < 1.29 is 28.9 Å². The third-order valence-corrected chi connectivity index (χ3v) is 5.62. The molecule has 0 saturated carbocycles. The maximum atomic E-state index is 13.1. The summed E-state index contributed by atoms with van der Waals surface area (Å²) in [7, 11) is 3.80. The van der Waals surface area contributed by atoms with Gasteiger partial charge in [-0.05, 0) is 56.4 Å². The Balaban J connectivity index is 1.80. The van der Waals surface area contributed by atoms with Crippen LogP contribution in [0.25, 0.3) is 5.76 Å². The van der Waals surface area contributed by atoms with Gasteiger partial charge in [0.1, 0.15) is 11.5 Å². The fourth-order valence-electron chi connectivity index (χ4n) is 3.96. The molecule has 1 N–H and O–H groups in total. The van der Waals surface area contributed by atoms with Gasteiger partial charge in [-0.25, -0.2) is 0 Å². The molecule has 2 aromatic carbocycles. The highest BCUT2D eigenvalue weighted by Crippen LogP contribution is 2.41. The zero-order chi connectivity index (χ0) is 23.5. The number of rotatable bonds is 8. The SMILES string of the molecule is CCCOc1cccc([C@H]2C(=C(O)c3ccc4c(c3)OCO4)C(=O)C(=O)N2CCN(C)C)c1. The molecule has 0 spiro atoms. The number of ketones is 1. The fourth-order valence-corrected chi connectivity index (χ4v) is 3.96. The van der Waals surface area contributed by atoms with Crippen molar-refractivity contribution >= 4 is 17.4 Å². The van der Waals surface area contributed by atoms with Gasteiger partial charge >= 0.3 is 0 Å². The van der Waals surface area contributed by atoms with Crippen molar-refractivity contribution in [1.29, 1.82) is 0 Å². The minimum atomic E-state index is -0.736. The van der Waals surface area contributed by atoms with Crippen LogP contribution >= 0.6 is 0 Å². The third kappa shape index (κ3) is 4.52. The lowest BCUT2D eigenvalue weighted by atomic mass is 9.95. The van der Waals surface area contributed by atoms with Crippen LogP contribution in [-0.2, 0) is 9.59 Å². The van der Waals surface area contributed by atoms with Crippen LogP contribution in [0, 0.1) is 0 Å². The van der Waals surface area contributed by atoms with Crippen molar-refractivity contribution in [3.63, 3.8) is 0 Å². The zero-order valence-corrected chi connectivity index (χ0v) is 19.0. The number of nitrogens with zero attached hydrogens (tertiary/aromatic N) is 2. The Morgan fingerprint density at radius 2 is 1.94 bits per heavy atom. The number of ether oxygens (including phenoxy) is 3. The summed E-state index contributed by atoms with van der Waals surface area (Å²) in [6.07, 6.45) is 0.857. The van der Waals surface area contributed by atoms with Gasteiger partial charge in [-0.3, -0.25) is 9.59 Å². The van der Waals surface area contributed by atoms with E-state index in [0.29, 0.717) is 48.1 Å². The average molecular weight is 453 g/mol. The van der Waals surface area contributed by atoms with Crippen molar-refractivity contribution in [2.45, 2.75) is 19.4 Å². The molecule has 33 heavy (non-hydrogen) atoms. The first-order valence-corrected chi connectivity index (χ1v) is 11.0. The molecule has 0 aliphatic carbocycles. The highest BCUT2D eigenvalue weighted by Gasteiger charge is 2.46. The van der Waals surface area contributed by atoms with Crippen LogP contribution in [0.1, 0.15) is 30.5 Å². The monoisotopic (exact) mass is 452 g/mol. The largest absolute Gasteiger partial charge is 0.507 e. The maximum Gasteiger partial charge on any atom is 0.295 e. The fraction of sp³-hybridized carbons (Fsp3) is 0.360. The smallest absolute Gasteiger partial charge is 0.295 e. The van der Waals surface area contributed by atoms with Gasteiger partial charge in [0, 0.05) is 18.7 Å². The Kier molecular flexibility index (Phi) is 6.55. The van der Waals surface area contributed by atoms with E-state index >= 15 is 0 Å². The molecule has 2 aliphatic heterocycles. The Bertz CT molecular complexity index is 1090. The second-order valence-corrected chi connectivity index (χ2v) is 8.28. The van der Waals surface area contributed by atoms with Gasteiger partial charge in [0.05, 0.1) is 18.2 Å². The summed E-state index contributed by atoms with van der Waals surface area (Å²) in [6, 6.07) is 11.5. The summed E-state index contributed by atoms with van der Waals surface area (Å²) >= 11 is 0. The Labute approximate surface area is 193 Å². The van der Waals surface area contributed by atoms with E-state index in [1.54, 1.807) is 18.2 Å². The Hall–Kier alpha value is -3.52. The van der Waals surface area contributed by atoms with Crippen molar-refractivity contribution in [3.05, 3.63) is 59.2 Å². The Morgan fingerprint density at radius 3 is 2.70 bits per heavy atom. The van der Waals surface area contributed by atoms with E-state index in [1.165, 1.54) is 4.90 Å². The molecule has 1 saturated heterocycles. The third-order valence-electron chi connectivity index (χ3n) is 5.62. The molecule has 174 valence electrons. The second-order valence-electron chi connectivity index (χ2n) is 8.28. The lowest BCUT2D eigenvalue weighted by Crippen LogP contribution is -2.35. The van der Waals surface area contributed by atoms with Gasteiger partial charge in [0.15, 0.2) is 11.5 Å². The molecule has 0 radical (unpaired) electrons. The number of hydrogen-bond acceptors (Lipinski definition) is 7. The first kappa shape index (κ1) is 22.7. The quantitative estimate of drug-likeness (QED) is 0.374. The number of likely N-dealkylation sites (tertiary alicyclic amines) is 1. The van der Waals surface area contributed by atoms with Crippen LogP contribution in [0.15, 0.2) is 48.0 Å². The molecule has 2 aromatic rings. The highest BCUT2D eigenvalue weighted by molar-refractivity contribution is 6.46. The number of Topliss-reactive ketones (excluding diaryl/α,β-unsaturated/α-hetero) is 1. The number of carbonyl (C=O) groups excluding carboxylic acids is 2. The first-order chi connectivity index (χ1) is 15.9. The van der Waals surface area contributed by atoms with E-state index in [-0.39, 0.29) is 18.1 Å². The topological polar surface area (TPSA) is 88.5 Å². The molecule has 8 heteroatoms. The lowest BCUT2D eigenvalue weighted by molar-refractivity contribution is -0.140. The summed E-state index contributed by atoms with van der Waals surface area (Å²) in [5, 5.41) is 11.2.